The van der Waals surface area contributed by atoms with Crippen LogP contribution in [0.2, 0.25) is 0 Å². The van der Waals surface area contributed by atoms with Crippen molar-refractivity contribution in [2.24, 2.45) is 0 Å². The Balaban J connectivity index is 1.60. The molecule has 1 fully saturated rings. The number of nitrogens with one attached hydrogen (secondary N) is 1. The van der Waals surface area contributed by atoms with Gasteiger partial charge < -0.3 is 24.4 Å². The van der Waals surface area contributed by atoms with E-state index < -0.39 is 0 Å². The van der Waals surface area contributed by atoms with Gasteiger partial charge >= 0.3 is 0 Å². The molecule has 1 heterocycles. The first-order valence-corrected chi connectivity index (χ1v) is 12.6. The number of anilines is 1. The standard InChI is InChI=1S/C26H32N2O5S/c1-31-20-13-17(14-21(32-2)26(20)33-3)23-15-25(30)28(19-11-7-8-12-22(19)34-23)16-24(29)27-18-9-5-4-6-10-18/h7-8,11-14,18,23H,4-6,9-10,15-16H2,1-3H3,(H,27,29). The number of benzene rings is 2. The molecule has 2 aromatic rings. The Kier molecular flexibility index (Phi) is 7.88. The lowest BCUT2D eigenvalue weighted by Crippen LogP contribution is -2.45. The number of carbonyl (C=O) groups excluding carboxylic acids is 2. The van der Waals surface area contributed by atoms with Crippen LogP contribution in [0.1, 0.15) is 49.3 Å². The van der Waals surface area contributed by atoms with Gasteiger partial charge in [-0.2, -0.15) is 0 Å². The topological polar surface area (TPSA) is 77.1 Å². The van der Waals surface area contributed by atoms with E-state index in [0.29, 0.717) is 17.2 Å². The second kappa shape index (κ2) is 11.0. The Labute approximate surface area is 205 Å². The van der Waals surface area contributed by atoms with Gasteiger partial charge in [-0.3, -0.25) is 9.59 Å². The number of rotatable bonds is 7. The fraction of sp³-hybridized carbons (Fsp3) is 0.462. The zero-order valence-corrected chi connectivity index (χ0v) is 20.8. The van der Waals surface area contributed by atoms with Crippen LogP contribution in [0.5, 0.6) is 17.2 Å². The fourth-order valence-electron chi connectivity index (χ4n) is 4.69. The molecule has 2 aliphatic rings. The van der Waals surface area contributed by atoms with Crippen molar-refractivity contribution in [2.45, 2.75) is 54.7 Å². The first-order chi connectivity index (χ1) is 16.5. The summed E-state index contributed by atoms with van der Waals surface area (Å²) in [6, 6.07) is 11.7. The van der Waals surface area contributed by atoms with E-state index >= 15 is 0 Å². The van der Waals surface area contributed by atoms with Gasteiger partial charge in [0.05, 0.1) is 27.0 Å². The van der Waals surface area contributed by atoms with Crippen LogP contribution < -0.4 is 24.4 Å². The van der Waals surface area contributed by atoms with Crippen molar-refractivity contribution in [2.75, 3.05) is 32.8 Å². The number of hydrogen-bond donors (Lipinski definition) is 1. The Morgan fingerprint density at radius 2 is 1.71 bits per heavy atom. The number of ether oxygens (including phenoxy) is 3. The van der Waals surface area contributed by atoms with Crippen molar-refractivity contribution in [3.05, 3.63) is 42.0 Å². The normalized spacial score (nSPS) is 18.6. The predicted octanol–water partition coefficient (Wildman–Crippen LogP) is 4.73. The fourth-order valence-corrected chi connectivity index (χ4v) is 5.95. The predicted molar refractivity (Wildman–Crippen MR) is 133 cm³/mol. The highest BCUT2D eigenvalue weighted by molar-refractivity contribution is 7.99. The monoisotopic (exact) mass is 484 g/mol. The molecule has 1 atom stereocenters. The Morgan fingerprint density at radius 1 is 1.03 bits per heavy atom. The molecule has 1 aliphatic heterocycles. The van der Waals surface area contributed by atoms with Crippen molar-refractivity contribution in [1.29, 1.82) is 0 Å². The number of para-hydroxylation sites is 1. The summed E-state index contributed by atoms with van der Waals surface area (Å²) in [5.41, 5.74) is 1.67. The number of methoxy groups -OCH3 is 3. The van der Waals surface area contributed by atoms with E-state index in [1.807, 2.05) is 36.4 Å². The van der Waals surface area contributed by atoms with Crippen LogP contribution in [-0.2, 0) is 9.59 Å². The van der Waals surface area contributed by atoms with Gasteiger partial charge in [-0.05, 0) is 42.7 Å². The molecule has 0 bridgehead atoms. The first-order valence-electron chi connectivity index (χ1n) is 11.7. The molecule has 34 heavy (non-hydrogen) atoms. The number of nitrogens with zero attached hydrogens (tertiary/aromatic N) is 1. The quantitative estimate of drug-likeness (QED) is 0.612. The van der Waals surface area contributed by atoms with E-state index in [-0.39, 0.29) is 36.1 Å². The van der Waals surface area contributed by atoms with Crippen molar-refractivity contribution in [1.82, 2.24) is 5.32 Å². The molecule has 2 aromatic carbocycles. The number of hydrogen-bond acceptors (Lipinski definition) is 6. The van der Waals surface area contributed by atoms with E-state index in [2.05, 4.69) is 5.32 Å². The SMILES string of the molecule is COc1cc(C2CC(=O)N(CC(=O)NC3CCCCC3)c3ccccc3S2)cc(OC)c1OC. The number of amides is 2. The summed E-state index contributed by atoms with van der Waals surface area (Å²) in [5, 5.41) is 2.96. The van der Waals surface area contributed by atoms with E-state index in [9.17, 15) is 9.59 Å². The van der Waals surface area contributed by atoms with Gasteiger partial charge in [-0.15, -0.1) is 11.8 Å². The van der Waals surface area contributed by atoms with Crippen molar-refractivity contribution >= 4 is 29.3 Å². The second-order valence-electron chi connectivity index (χ2n) is 8.62. The molecular formula is C26H32N2O5S. The Hall–Kier alpha value is -2.87. The van der Waals surface area contributed by atoms with Gasteiger partial charge in [0.1, 0.15) is 6.54 Å². The third kappa shape index (κ3) is 5.27. The molecular weight excluding hydrogens is 452 g/mol. The zero-order valence-electron chi connectivity index (χ0n) is 20.0. The summed E-state index contributed by atoms with van der Waals surface area (Å²) < 4.78 is 16.5. The third-order valence-corrected chi connectivity index (χ3v) is 7.74. The van der Waals surface area contributed by atoms with Gasteiger partial charge in [0.15, 0.2) is 11.5 Å². The molecule has 1 aliphatic carbocycles. The smallest absolute Gasteiger partial charge is 0.240 e. The maximum Gasteiger partial charge on any atom is 0.240 e. The van der Waals surface area contributed by atoms with Crippen LogP contribution in [0.15, 0.2) is 41.3 Å². The summed E-state index contributed by atoms with van der Waals surface area (Å²) in [6.45, 7) is 0.0227. The number of thioether (sulfide) groups is 1. The highest BCUT2D eigenvalue weighted by atomic mass is 32.2. The van der Waals surface area contributed by atoms with Crippen LogP contribution in [-0.4, -0.2) is 45.7 Å². The van der Waals surface area contributed by atoms with Gasteiger partial charge in [0, 0.05) is 22.6 Å². The summed E-state index contributed by atoms with van der Waals surface area (Å²) in [7, 11) is 4.72. The zero-order chi connectivity index (χ0) is 24.1. The maximum absolute atomic E-state index is 13.5. The van der Waals surface area contributed by atoms with Gasteiger partial charge in [-0.1, -0.05) is 31.4 Å². The van der Waals surface area contributed by atoms with E-state index in [1.165, 1.54) is 6.42 Å². The molecule has 1 saturated carbocycles. The van der Waals surface area contributed by atoms with Crippen molar-refractivity contribution < 1.29 is 23.8 Å². The largest absolute Gasteiger partial charge is 0.493 e. The van der Waals surface area contributed by atoms with Crippen LogP contribution in [0.4, 0.5) is 5.69 Å². The molecule has 0 aromatic heterocycles. The van der Waals surface area contributed by atoms with E-state index in [4.69, 9.17) is 14.2 Å². The molecule has 2 amide bonds. The van der Waals surface area contributed by atoms with Crippen LogP contribution in [0.3, 0.4) is 0 Å². The molecule has 182 valence electrons. The molecule has 0 radical (unpaired) electrons. The minimum atomic E-state index is -0.172. The first kappa shape index (κ1) is 24.3. The van der Waals surface area contributed by atoms with Crippen molar-refractivity contribution in [3.63, 3.8) is 0 Å². The molecule has 1 unspecified atom stereocenters. The highest BCUT2D eigenvalue weighted by Gasteiger charge is 2.32. The average molecular weight is 485 g/mol. The number of carbonyl (C=O) groups is 2. The summed E-state index contributed by atoms with van der Waals surface area (Å²) in [4.78, 5) is 28.9. The van der Waals surface area contributed by atoms with Crippen LogP contribution >= 0.6 is 11.8 Å². The van der Waals surface area contributed by atoms with Crippen LogP contribution in [0.25, 0.3) is 0 Å². The molecule has 4 rings (SSSR count). The molecule has 0 spiro atoms. The summed E-state index contributed by atoms with van der Waals surface area (Å²) in [6.07, 6.45) is 5.77. The van der Waals surface area contributed by atoms with Crippen LogP contribution in [0, 0.1) is 0 Å². The number of fused-ring (bicyclic) bond motifs is 1. The maximum atomic E-state index is 13.5. The lowest BCUT2D eigenvalue weighted by atomic mass is 9.95. The van der Waals surface area contributed by atoms with Crippen molar-refractivity contribution in [3.8, 4) is 17.2 Å². The summed E-state index contributed by atoms with van der Waals surface area (Å²) in [5.74, 6) is 1.42. The third-order valence-electron chi connectivity index (χ3n) is 6.42. The lowest BCUT2D eigenvalue weighted by molar-refractivity contribution is -0.124. The lowest BCUT2D eigenvalue weighted by Gasteiger charge is -2.26. The Morgan fingerprint density at radius 3 is 2.35 bits per heavy atom. The van der Waals surface area contributed by atoms with Gasteiger partial charge in [0.2, 0.25) is 17.6 Å². The molecule has 7 nitrogen and oxygen atoms in total. The Bertz CT molecular complexity index is 1010. The minimum Gasteiger partial charge on any atom is -0.493 e. The minimum absolute atomic E-state index is 0.0227. The summed E-state index contributed by atoms with van der Waals surface area (Å²) >= 11 is 1.61. The van der Waals surface area contributed by atoms with Gasteiger partial charge in [-0.25, -0.2) is 0 Å². The second-order valence-corrected chi connectivity index (χ2v) is 9.86. The van der Waals surface area contributed by atoms with E-state index in [1.54, 1.807) is 38.0 Å². The average Bonchev–Trinajstić information content (AvgIpc) is 3.00. The molecule has 8 heteroatoms. The highest BCUT2D eigenvalue weighted by Crippen LogP contribution is 2.49. The van der Waals surface area contributed by atoms with E-state index in [0.717, 1.165) is 41.8 Å². The molecule has 0 saturated heterocycles. The van der Waals surface area contributed by atoms with Gasteiger partial charge in [0.25, 0.3) is 0 Å². The molecule has 1 N–H and O–H groups in total.